The zero-order chi connectivity index (χ0) is 20.9. The Bertz CT molecular complexity index is 1130. The van der Waals surface area contributed by atoms with Crippen LogP contribution in [0, 0.1) is 0 Å². The molecule has 0 saturated heterocycles. The van der Waals surface area contributed by atoms with Crippen LogP contribution in [0.2, 0.25) is 0 Å². The lowest BCUT2D eigenvalue weighted by molar-refractivity contribution is -0.462. The third kappa shape index (κ3) is 4.49. The van der Waals surface area contributed by atoms with E-state index in [1.165, 1.54) is 11.3 Å². The van der Waals surface area contributed by atoms with Gasteiger partial charge in [-0.05, 0) is 59.6 Å². The summed E-state index contributed by atoms with van der Waals surface area (Å²) in [5.74, 6) is 1.73. The summed E-state index contributed by atoms with van der Waals surface area (Å²) in [5.41, 5.74) is 6.81. The first kappa shape index (κ1) is 19.7. The van der Waals surface area contributed by atoms with Crippen LogP contribution in [0.1, 0.15) is 18.1 Å². The molecule has 30 heavy (non-hydrogen) atoms. The minimum atomic E-state index is 0.864. The summed E-state index contributed by atoms with van der Waals surface area (Å²) in [6.45, 7) is 2.10. The van der Waals surface area contributed by atoms with Gasteiger partial charge in [0.1, 0.15) is 25.6 Å². The van der Waals surface area contributed by atoms with Crippen molar-refractivity contribution in [2.75, 3.05) is 14.1 Å². The summed E-state index contributed by atoms with van der Waals surface area (Å²) in [4.78, 5) is 0. The SMILES string of the molecule is CC(C=C1C=CC(=[N+](C)C)C=C1)=C1C=C(c2ccccc2)C=C(c2ccccc2)O1. The zero-order valence-electron chi connectivity index (χ0n) is 17.7. The highest BCUT2D eigenvalue weighted by Crippen LogP contribution is 2.33. The highest BCUT2D eigenvalue weighted by atomic mass is 16.5. The summed E-state index contributed by atoms with van der Waals surface area (Å²) >= 11 is 0. The molecular formula is C28H26NO+. The van der Waals surface area contributed by atoms with Gasteiger partial charge in [-0.2, -0.15) is 0 Å². The fourth-order valence-corrected chi connectivity index (χ4v) is 3.43. The van der Waals surface area contributed by atoms with E-state index in [4.69, 9.17) is 4.74 Å². The normalized spacial score (nSPS) is 17.2. The second kappa shape index (κ2) is 8.79. The predicted octanol–water partition coefficient (Wildman–Crippen LogP) is 6.18. The summed E-state index contributed by atoms with van der Waals surface area (Å²) in [5, 5.41) is 0. The van der Waals surface area contributed by atoms with Crippen molar-refractivity contribution in [3.63, 3.8) is 0 Å². The van der Waals surface area contributed by atoms with Crippen LogP contribution in [0.15, 0.2) is 120 Å². The molecule has 1 aliphatic carbocycles. The number of nitrogens with zero attached hydrogens (tertiary/aromatic N) is 1. The van der Waals surface area contributed by atoms with Crippen molar-refractivity contribution in [3.8, 4) is 0 Å². The van der Waals surface area contributed by atoms with E-state index >= 15 is 0 Å². The molecule has 1 heterocycles. The largest absolute Gasteiger partial charge is 0.456 e. The molecule has 0 spiro atoms. The molecule has 0 saturated carbocycles. The van der Waals surface area contributed by atoms with E-state index in [-0.39, 0.29) is 0 Å². The Labute approximate surface area is 178 Å². The van der Waals surface area contributed by atoms with Crippen LogP contribution in [-0.4, -0.2) is 24.4 Å². The van der Waals surface area contributed by atoms with Crippen LogP contribution in [0.25, 0.3) is 11.3 Å². The molecule has 4 rings (SSSR count). The summed E-state index contributed by atoms with van der Waals surface area (Å²) in [6, 6.07) is 20.7. The molecule has 0 bridgehead atoms. The highest BCUT2D eigenvalue weighted by Gasteiger charge is 2.16. The molecule has 0 N–H and O–H groups in total. The van der Waals surface area contributed by atoms with Crippen LogP contribution < -0.4 is 0 Å². The fraction of sp³-hybridized carbons (Fsp3) is 0.107. The topological polar surface area (TPSA) is 12.2 Å². The monoisotopic (exact) mass is 392 g/mol. The van der Waals surface area contributed by atoms with Gasteiger partial charge in [0.2, 0.25) is 0 Å². The lowest BCUT2D eigenvalue weighted by atomic mass is 9.98. The van der Waals surface area contributed by atoms with E-state index in [9.17, 15) is 0 Å². The average molecular weight is 393 g/mol. The molecule has 0 aromatic heterocycles. The second-order valence-electron chi connectivity index (χ2n) is 7.62. The van der Waals surface area contributed by atoms with Crippen molar-refractivity contribution >= 4 is 17.0 Å². The molecule has 0 fully saturated rings. The van der Waals surface area contributed by atoms with Crippen molar-refractivity contribution in [1.82, 2.24) is 0 Å². The molecular weight excluding hydrogens is 366 g/mol. The molecule has 0 radical (unpaired) electrons. The lowest BCUT2D eigenvalue weighted by Gasteiger charge is -2.20. The molecule has 0 amide bonds. The quantitative estimate of drug-likeness (QED) is 0.568. The number of hydrogen-bond donors (Lipinski definition) is 0. The molecule has 2 heteroatoms. The molecule has 2 aromatic rings. The van der Waals surface area contributed by atoms with Gasteiger partial charge >= 0.3 is 0 Å². The van der Waals surface area contributed by atoms with Crippen molar-refractivity contribution < 1.29 is 9.31 Å². The van der Waals surface area contributed by atoms with Gasteiger partial charge in [0, 0.05) is 17.7 Å². The van der Waals surface area contributed by atoms with E-state index < -0.39 is 0 Å². The van der Waals surface area contributed by atoms with Gasteiger partial charge in [-0.15, -0.1) is 0 Å². The van der Waals surface area contributed by atoms with E-state index in [2.05, 4.69) is 105 Å². The van der Waals surface area contributed by atoms with Gasteiger partial charge in [0.25, 0.3) is 0 Å². The van der Waals surface area contributed by atoms with Gasteiger partial charge in [-0.1, -0.05) is 60.7 Å². The Balaban J connectivity index is 1.74. The minimum absolute atomic E-state index is 0.864. The first-order valence-corrected chi connectivity index (χ1v) is 10.2. The Kier molecular flexibility index (Phi) is 5.76. The van der Waals surface area contributed by atoms with Crippen LogP contribution in [-0.2, 0) is 4.74 Å². The Morgan fingerprint density at radius 2 is 1.37 bits per heavy atom. The highest BCUT2D eigenvalue weighted by molar-refractivity contribution is 6.02. The summed E-state index contributed by atoms with van der Waals surface area (Å²) in [6.07, 6.45) is 14.9. The van der Waals surface area contributed by atoms with Crippen LogP contribution in [0.4, 0.5) is 0 Å². The molecule has 148 valence electrons. The number of allylic oxidation sites excluding steroid dienone is 10. The molecule has 0 unspecified atom stereocenters. The third-order valence-electron chi connectivity index (χ3n) is 5.14. The smallest absolute Gasteiger partial charge is 0.199 e. The lowest BCUT2D eigenvalue weighted by Crippen LogP contribution is -2.09. The summed E-state index contributed by atoms with van der Waals surface area (Å²) < 4.78 is 8.45. The third-order valence-corrected chi connectivity index (χ3v) is 5.14. The first-order chi connectivity index (χ1) is 14.6. The fourth-order valence-electron chi connectivity index (χ4n) is 3.43. The average Bonchev–Trinajstić information content (AvgIpc) is 2.80. The van der Waals surface area contributed by atoms with Crippen LogP contribution >= 0.6 is 0 Å². The van der Waals surface area contributed by atoms with Crippen LogP contribution in [0.5, 0.6) is 0 Å². The van der Waals surface area contributed by atoms with Crippen molar-refractivity contribution in [1.29, 1.82) is 0 Å². The van der Waals surface area contributed by atoms with Gasteiger partial charge in [0.15, 0.2) is 5.71 Å². The summed E-state index contributed by atoms with van der Waals surface area (Å²) in [7, 11) is 4.10. The van der Waals surface area contributed by atoms with Crippen molar-refractivity contribution in [2.45, 2.75) is 6.92 Å². The maximum atomic E-state index is 6.35. The predicted molar refractivity (Wildman–Crippen MR) is 126 cm³/mol. The van der Waals surface area contributed by atoms with E-state index in [1.54, 1.807) is 0 Å². The molecule has 0 atom stereocenters. The van der Waals surface area contributed by atoms with Gasteiger partial charge in [-0.3, -0.25) is 0 Å². The van der Waals surface area contributed by atoms with Crippen molar-refractivity contribution in [2.24, 2.45) is 0 Å². The number of rotatable bonds is 3. The second-order valence-corrected chi connectivity index (χ2v) is 7.62. The maximum Gasteiger partial charge on any atom is 0.199 e. The number of ether oxygens (including phenoxy) is 1. The Hall–Kier alpha value is -3.65. The van der Waals surface area contributed by atoms with Crippen molar-refractivity contribution in [3.05, 3.63) is 131 Å². The zero-order valence-corrected chi connectivity index (χ0v) is 17.7. The maximum absolute atomic E-state index is 6.35. The number of benzene rings is 2. The Morgan fingerprint density at radius 1 is 0.767 bits per heavy atom. The molecule has 1 aliphatic heterocycles. The van der Waals surface area contributed by atoms with E-state index in [0.29, 0.717) is 0 Å². The first-order valence-electron chi connectivity index (χ1n) is 10.2. The Morgan fingerprint density at radius 3 is 1.97 bits per heavy atom. The van der Waals surface area contributed by atoms with E-state index in [0.717, 1.165) is 33.8 Å². The molecule has 2 aromatic carbocycles. The number of hydrogen-bond acceptors (Lipinski definition) is 1. The van der Waals surface area contributed by atoms with Gasteiger partial charge in [0.05, 0.1) is 0 Å². The van der Waals surface area contributed by atoms with Crippen LogP contribution in [0.3, 0.4) is 0 Å². The van der Waals surface area contributed by atoms with Gasteiger partial charge in [-0.25, -0.2) is 4.58 Å². The molecule has 2 aliphatic rings. The van der Waals surface area contributed by atoms with Gasteiger partial charge < -0.3 is 4.74 Å². The van der Waals surface area contributed by atoms with E-state index in [1.807, 2.05) is 24.3 Å². The molecule has 2 nitrogen and oxygen atoms in total. The standard InChI is InChI=1S/C28H26NO/c1-21(18-22-14-16-26(17-15-22)29(2)3)27-19-25(23-10-6-4-7-11-23)20-28(30-27)24-12-8-5-9-13-24/h4-20H,1-3H3/q+1. The minimum Gasteiger partial charge on any atom is -0.456 e.